The zero-order chi connectivity index (χ0) is 31.3. The Bertz CT molecular complexity index is 2070. The van der Waals surface area contributed by atoms with E-state index >= 15 is 0 Å². The topological polar surface area (TPSA) is 117 Å². The van der Waals surface area contributed by atoms with Crippen molar-refractivity contribution in [1.82, 2.24) is 14.5 Å². The van der Waals surface area contributed by atoms with E-state index in [9.17, 15) is 24.6 Å². The average Bonchev–Trinajstić information content (AvgIpc) is 3.62. The molecule has 45 heavy (non-hydrogen) atoms. The average molecular weight is 598 g/mol. The van der Waals surface area contributed by atoms with Crippen molar-refractivity contribution in [3.8, 4) is 16.8 Å². The number of fused-ring (bicyclic) bond motifs is 6. The van der Waals surface area contributed by atoms with Crippen LogP contribution in [0.4, 0.5) is 15.8 Å². The lowest BCUT2D eigenvalue weighted by Crippen LogP contribution is -1.96. The maximum absolute atomic E-state index is 12.1. The van der Waals surface area contributed by atoms with Crippen LogP contribution in [0, 0.1) is 26.0 Å². The fourth-order valence-electron chi connectivity index (χ4n) is 5.29. The van der Waals surface area contributed by atoms with Crippen molar-refractivity contribution in [3.05, 3.63) is 171 Å². The number of pyridine rings is 2. The van der Waals surface area contributed by atoms with Gasteiger partial charge in [-0.2, -0.15) is 0 Å². The molecule has 1 aliphatic carbocycles. The number of hydrogen-bond donors (Lipinski definition) is 0. The molecule has 0 bridgehead atoms. The Morgan fingerprint density at radius 2 is 1.20 bits per heavy atom. The summed E-state index contributed by atoms with van der Waals surface area (Å²) in [5.41, 5.74) is 7.99. The standard InChI is InChI=1S/C17H11N3O2.C12H9N.C6H4FNO2/c21-20(22)13-9-7-12(8-10-13)19-16-6-2-1-4-14(16)15-5-3-11-18-17(15)19;1-2-5-10-9(4-1)8-12-11(10)6-3-7-13-12;7-5-1-3-6(4-2-5)8(9)10/h1-11H;1-7H,8H2;1-4H. The first kappa shape index (κ1) is 28.8. The van der Waals surface area contributed by atoms with Gasteiger partial charge < -0.3 is 0 Å². The Morgan fingerprint density at radius 3 is 1.93 bits per heavy atom. The first-order valence-corrected chi connectivity index (χ1v) is 13.9. The molecule has 0 N–H and O–H groups in total. The van der Waals surface area contributed by atoms with Crippen LogP contribution >= 0.6 is 0 Å². The van der Waals surface area contributed by atoms with Crippen LogP contribution in [0.3, 0.4) is 0 Å². The molecule has 10 heteroatoms. The van der Waals surface area contributed by atoms with Crippen LogP contribution in [0.15, 0.2) is 134 Å². The summed E-state index contributed by atoms with van der Waals surface area (Å²) >= 11 is 0. The summed E-state index contributed by atoms with van der Waals surface area (Å²) in [6.07, 6.45) is 4.61. The molecule has 0 unspecified atom stereocenters. The molecule has 3 heterocycles. The Labute approximate surface area is 256 Å². The number of nitro benzene ring substituents is 2. The second-order valence-electron chi connectivity index (χ2n) is 10.1. The predicted octanol–water partition coefficient (Wildman–Crippen LogP) is 8.47. The highest BCUT2D eigenvalue weighted by atomic mass is 19.1. The van der Waals surface area contributed by atoms with Crippen molar-refractivity contribution in [2.24, 2.45) is 0 Å². The van der Waals surface area contributed by atoms with Gasteiger partial charge in [0.1, 0.15) is 11.5 Å². The molecule has 7 aromatic rings. The van der Waals surface area contributed by atoms with E-state index in [-0.39, 0.29) is 11.4 Å². The van der Waals surface area contributed by atoms with Crippen LogP contribution in [0.2, 0.25) is 0 Å². The third kappa shape index (κ3) is 5.98. The van der Waals surface area contributed by atoms with Crippen LogP contribution < -0.4 is 0 Å². The number of nitro groups is 2. The minimum absolute atomic E-state index is 0.0810. The molecule has 0 saturated carbocycles. The van der Waals surface area contributed by atoms with Gasteiger partial charge in [-0.3, -0.25) is 29.8 Å². The number of non-ortho nitro benzene ring substituents is 2. The van der Waals surface area contributed by atoms with E-state index in [1.54, 1.807) is 18.3 Å². The fourth-order valence-corrected chi connectivity index (χ4v) is 5.29. The van der Waals surface area contributed by atoms with E-state index in [2.05, 4.69) is 46.4 Å². The molecule has 3 aromatic heterocycles. The summed E-state index contributed by atoms with van der Waals surface area (Å²) in [7, 11) is 0. The number of hydrogen-bond acceptors (Lipinski definition) is 6. The molecule has 0 amide bonds. The van der Waals surface area contributed by atoms with E-state index in [4.69, 9.17) is 0 Å². The molecule has 0 radical (unpaired) electrons. The minimum Gasteiger partial charge on any atom is -0.294 e. The lowest BCUT2D eigenvalue weighted by Gasteiger charge is -2.06. The molecule has 8 rings (SSSR count). The molecule has 9 nitrogen and oxygen atoms in total. The van der Waals surface area contributed by atoms with E-state index < -0.39 is 15.7 Å². The second-order valence-corrected chi connectivity index (χ2v) is 10.1. The third-order valence-corrected chi connectivity index (χ3v) is 7.35. The van der Waals surface area contributed by atoms with Crippen molar-refractivity contribution < 1.29 is 14.2 Å². The summed E-state index contributed by atoms with van der Waals surface area (Å²) in [5, 5.41) is 23.0. The Morgan fingerprint density at radius 1 is 0.622 bits per heavy atom. The highest BCUT2D eigenvalue weighted by molar-refractivity contribution is 6.07. The number of rotatable bonds is 3. The summed E-state index contributed by atoms with van der Waals surface area (Å²) in [5.74, 6) is -0.467. The van der Waals surface area contributed by atoms with Crippen LogP contribution in [0.25, 0.3) is 38.8 Å². The summed E-state index contributed by atoms with van der Waals surface area (Å²) in [4.78, 5) is 28.7. The zero-order valence-electron chi connectivity index (χ0n) is 23.7. The molecule has 1 aliphatic rings. The van der Waals surface area contributed by atoms with Gasteiger partial charge in [-0.25, -0.2) is 9.37 Å². The highest BCUT2D eigenvalue weighted by Crippen LogP contribution is 2.34. The van der Waals surface area contributed by atoms with Crippen molar-refractivity contribution in [1.29, 1.82) is 0 Å². The van der Waals surface area contributed by atoms with E-state index in [1.165, 1.54) is 34.5 Å². The maximum Gasteiger partial charge on any atom is 0.269 e. The van der Waals surface area contributed by atoms with Crippen LogP contribution in [0.1, 0.15) is 11.3 Å². The molecule has 0 aliphatic heterocycles. The number of aromatic nitrogens is 3. The van der Waals surface area contributed by atoms with Gasteiger partial charge in [0.15, 0.2) is 0 Å². The van der Waals surface area contributed by atoms with Gasteiger partial charge >= 0.3 is 0 Å². The lowest BCUT2D eigenvalue weighted by molar-refractivity contribution is -0.385. The number of benzene rings is 4. The van der Waals surface area contributed by atoms with E-state index in [0.717, 1.165) is 58.3 Å². The van der Waals surface area contributed by atoms with Crippen LogP contribution in [-0.2, 0) is 6.42 Å². The van der Waals surface area contributed by atoms with Crippen LogP contribution in [-0.4, -0.2) is 24.4 Å². The van der Waals surface area contributed by atoms with Gasteiger partial charge in [0.2, 0.25) is 0 Å². The van der Waals surface area contributed by atoms with Crippen molar-refractivity contribution in [2.75, 3.05) is 0 Å². The normalized spacial score (nSPS) is 11.0. The molecule has 0 saturated heterocycles. The van der Waals surface area contributed by atoms with Gasteiger partial charge in [0.05, 0.1) is 21.1 Å². The van der Waals surface area contributed by atoms with Crippen molar-refractivity contribution >= 4 is 33.3 Å². The quantitative estimate of drug-likeness (QED) is 0.149. The van der Waals surface area contributed by atoms with E-state index in [1.807, 2.05) is 47.2 Å². The maximum atomic E-state index is 12.1. The molecule has 0 spiro atoms. The van der Waals surface area contributed by atoms with Crippen LogP contribution in [0.5, 0.6) is 0 Å². The summed E-state index contributed by atoms with van der Waals surface area (Å²) in [6.45, 7) is 0. The molecule has 0 atom stereocenters. The zero-order valence-corrected chi connectivity index (χ0v) is 23.7. The summed E-state index contributed by atoms with van der Waals surface area (Å²) in [6, 6.07) is 35.5. The van der Waals surface area contributed by atoms with Gasteiger partial charge in [0, 0.05) is 65.1 Å². The predicted molar refractivity (Wildman–Crippen MR) is 171 cm³/mol. The number of para-hydroxylation sites is 1. The number of halogens is 1. The molecular formula is C35H24FN5O4. The fraction of sp³-hybridized carbons (Fsp3) is 0.0286. The highest BCUT2D eigenvalue weighted by Gasteiger charge is 2.17. The lowest BCUT2D eigenvalue weighted by atomic mass is 10.1. The first-order valence-electron chi connectivity index (χ1n) is 13.9. The van der Waals surface area contributed by atoms with Crippen molar-refractivity contribution in [2.45, 2.75) is 6.42 Å². The Kier molecular flexibility index (Phi) is 8.02. The first-order chi connectivity index (χ1) is 21.9. The monoisotopic (exact) mass is 597 g/mol. The smallest absolute Gasteiger partial charge is 0.269 e. The molecule has 0 fully saturated rings. The second kappa shape index (κ2) is 12.5. The molecule has 4 aromatic carbocycles. The largest absolute Gasteiger partial charge is 0.294 e. The van der Waals surface area contributed by atoms with Gasteiger partial charge in [-0.15, -0.1) is 0 Å². The van der Waals surface area contributed by atoms with Gasteiger partial charge in [0.25, 0.3) is 11.4 Å². The SMILES string of the molecule is O=[N+]([O-])c1ccc(-n2c3ccccc3c3cccnc32)cc1.O=[N+]([O-])c1ccc(F)cc1.c1ccc2c(c1)Cc1ncccc1-2. The van der Waals surface area contributed by atoms with Gasteiger partial charge in [-0.1, -0.05) is 48.5 Å². The third-order valence-electron chi connectivity index (χ3n) is 7.35. The Hall–Kier alpha value is -6.29. The summed E-state index contributed by atoms with van der Waals surface area (Å²) < 4.78 is 14.1. The van der Waals surface area contributed by atoms with Gasteiger partial charge in [-0.05, 0) is 59.7 Å². The molecule has 220 valence electrons. The minimum atomic E-state index is -0.570. The Balaban J connectivity index is 0.000000132. The number of nitrogens with zero attached hydrogens (tertiary/aromatic N) is 5. The van der Waals surface area contributed by atoms with Crippen molar-refractivity contribution in [3.63, 3.8) is 0 Å². The molecular weight excluding hydrogens is 573 g/mol. The van der Waals surface area contributed by atoms with E-state index in [0.29, 0.717) is 0 Å².